The molecule has 0 aliphatic carbocycles. The van der Waals surface area contributed by atoms with E-state index in [4.69, 9.17) is 11.5 Å². The van der Waals surface area contributed by atoms with Gasteiger partial charge < -0.3 is 10.4 Å². The molecule has 58 valence electrons. The Bertz CT molecular complexity index is 124. The third-order valence-electron chi connectivity index (χ3n) is 1.26. The standard InChI is InChI=1S/C8H15NO/c1-4-8(2,3)9-6-5-7-10/h1,9-10H,5-7H2,2-3H3. The van der Waals surface area contributed by atoms with Gasteiger partial charge in [-0.3, -0.25) is 0 Å². The van der Waals surface area contributed by atoms with Gasteiger partial charge in [0.1, 0.15) is 0 Å². The number of rotatable bonds is 4. The van der Waals surface area contributed by atoms with Gasteiger partial charge in [-0.25, -0.2) is 0 Å². The van der Waals surface area contributed by atoms with Gasteiger partial charge in [-0.15, -0.1) is 6.42 Å². The summed E-state index contributed by atoms with van der Waals surface area (Å²) < 4.78 is 0. The Hall–Kier alpha value is -0.520. The van der Waals surface area contributed by atoms with E-state index in [1.807, 2.05) is 13.8 Å². The molecule has 0 fully saturated rings. The number of hydrogen-bond donors (Lipinski definition) is 2. The zero-order valence-corrected chi connectivity index (χ0v) is 6.65. The highest BCUT2D eigenvalue weighted by atomic mass is 16.3. The molecule has 0 unspecified atom stereocenters. The molecule has 0 saturated heterocycles. The first-order valence-corrected chi connectivity index (χ1v) is 3.46. The van der Waals surface area contributed by atoms with E-state index in [2.05, 4.69) is 11.2 Å². The number of nitrogens with one attached hydrogen (secondary N) is 1. The topological polar surface area (TPSA) is 32.3 Å². The van der Waals surface area contributed by atoms with E-state index in [0.29, 0.717) is 0 Å². The SMILES string of the molecule is C#CC(C)(C)NCCCO. The quantitative estimate of drug-likeness (QED) is 0.438. The third kappa shape index (κ3) is 4.37. The van der Waals surface area contributed by atoms with Gasteiger partial charge in [-0.2, -0.15) is 0 Å². The molecular formula is C8H15NO. The van der Waals surface area contributed by atoms with Crippen LogP contribution >= 0.6 is 0 Å². The molecule has 0 heterocycles. The Morgan fingerprint density at radius 1 is 1.60 bits per heavy atom. The lowest BCUT2D eigenvalue weighted by molar-refractivity contribution is 0.281. The molecule has 0 rings (SSSR count). The molecule has 0 aromatic rings. The summed E-state index contributed by atoms with van der Waals surface area (Å²) in [5.41, 5.74) is -0.241. The van der Waals surface area contributed by atoms with E-state index in [-0.39, 0.29) is 12.1 Å². The number of aliphatic hydroxyl groups excluding tert-OH is 1. The molecule has 0 radical (unpaired) electrons. The van der Waals surface area contributed by atoms with Crippen molar-refractivity contribution in [3.8, 4) is 12.3 Å². The molecule has 0 aliphatic heterocycles. The molecule has 0 amide bonds. The zero-order valence-electron chi connectivity index (χ0n) is 6.65. The normalized spacial score (nSPS) is 11.0. The van der Waals surface area contributed by atoms with Crippen LogP contribution in [0.5, 0.6) is 0 Å². The summed E-state index contributed by atoms with van der Waals surface area (Å²) in [6.45, 7) is 4.86. The summed E-state index contributed by atoms with van der Waals surface area (Å²) in [5, 5.41) is 11.6. The van der Waals surface area contributed by atoms with Gasteiger partial charge in [0.05, 0.1) is 5.54 Å². The maximum absolute atomic E-state index is 8.44. The second-order valence-corrected chi connectivity index (χ2v) is 2.77. The molecule has 0 spiro atoms. The van der Waals surface area contributed by atoms with Crippen molar-refractivity contribution in [1.29, 1.82) is 0 Å². The summed E-state index contributed by atoms with van der Waals surface area (Å²) >= 11 is 0. The molecule has 10 heavy (non-hydrogen) atoms. The molecule has 0 atom stereocenters. The highest BCUT2D eigenvalue weighted by Crippen LogP contribution is 1.97. The van der Waals surface area contributed by atoms with Crippen molar-refractivity contribution < 1.29 is 5.11 Å². The Balaban J connectivity index is 3.40. The van der Waals surface area contributed by atoms with Crippen LogP contribution in [0.2, 0.25) is 0 Å². The predicted octanol–water partition coefficient (Wildman–Crippen LogP) is 0.370. The molecule has 0 aromatic carbocycles. The van der Waals surface area contributed by atoms with Crippen molar-refractivity contribution in [3.05, 3.63) is 0 Å². The van der Waals surface area contributed by atoms with Gasteiger partial charge in [-0.05, 0) is 26.8 Å². The van der Waals surface area contributed by atoms with Crippen molar-refractivity contribution in [2.45, 2.75) is 25.8 Å². The first kappa shape index (κ1) is 9.48. The van der Waals surface area contributed by atoms with Gasteiger partial charge in [0.2, 0.25) is 0 Å². The van der Waals surface area contributed by atoms with Gasteiger partial charge in [-0.1, -0.05) is 5.92 Å². The number of terminal acetylenes is 1. The minimum Gasteiger partial charge on any atom is -0.396 e. The highest BCUT2D eigenvalue weighted by molar-refractivity contribution is 5.07. The smallest absolute Gasteiger partial charge is 0.0741 e. The first-order valence-electron chi connectivity index (χ1n) is 3.46. The summed E-state index contributed by atoms with van der Waals surface area (Å²) in [5.74, 6) is 2.61. The third-order valence-corrected chi connectivity index (χ3v) is 1.26. The summed E-state index contributed by atoms with van der Waals surface area (Å²) in [4.78, 5) is 0. The molecule has 2 N–H and O–H groups in total. The van der Waals surface area contributed by atoms with E-state index < -0.39 is 0 Å². The molecule has 0 bridgehead atoms. The maximum atomic E-state index is 8.44. The summed E-state index contributed by atoms with van der Waals surface area (Å²) in [6.07, 6.45) is 5.97. The van der Waals surface area contributed by atoms with Crippen molar-refractivity contribution in [1.82, 2.24) is 5.32 Å². The summed E-state index contributed by atoms with van der Waals surface area (Å²) in [7, 11) is 0. The lowest BCUT2D eigenvalue weighted by Gasteiger charge is -2.18. The van der Waals surface area contributed by atoms with Crippen LogP contribution in [0.3, 0.4) is 0 Å². The number of aliphatic hydroxyl groups is 1. The summed E-state index contributed by atoms with van der Waals surface area (Å²) in [6, 6.07) is 0. The van der Waals surface area contributed by atoms with Crippen LogP contribution in [-0.2, 0) is 0 Å². The average molecular weight is 141 g/mol. The van der Waals surface area contributed by atoms with Crippen LogP contribution in [-0.4, -0.2) is 23.8 Å². The van der Waals surface area contributed by atoms with Gasteiger partial charge in [0, 0.05) is 6.61 Å². The van der Waals surface area contributed by atoms with E-state index in [1.165, 1.54) is 0 Å². The molecule has 0 aliphatic rings. The lowest BCUT2D eigenvalue weighted by Crippen LogP contribution is -2.38. The van der Waals surface area contributed by atoms with Crippen molar-refractivity contribution >= 4 is 0 Å². The minimum absolute atomic E-state index is 0.216. The van der Waals surface area contributed by atoms with E-state index in [9.17, 15) is 0 Å². The van der Waals surface area contributed by atoms with E-state index in [0.717, 1.165) is 13.0 Å². The van der Waals surface area contributed by atoms with E-state index >= 15 is 0 Å². The Labute approximate surface area is 62.6 Å². The predicted molar refractivity (Wildman–Crippen MR) is 42.6 cm³/mol. The largest absolute Gasteiger partial charge is 0.396 e. The van der Waals surface area contributed by atoms with Crippen LogP contribution in [0.25, 0.3) is 0 Å². The number of hydrogen-bond acceptors (Lipinski definition) is 2. The fourth-order valence-corrected chi connectivity index (χ4v) is 0.531. The van der Waals surface area contributed by atoms with E-state index in [1.54, 1.807) is 0 Å². The average Bonchev–Trinajstić information content (AvgIpc) is 1.89. The van der Waals surface area contributed by atoms with Crippen LogP contribution in [0, 0.1) is 12.3 Å². The van der Waals surface area contributed by atoms with Crippen LogP contribution in [0.15, 0.2) is 0 Å². The van der Waals surface area contributed by atoms with Gasteiger partial charge in [0.25, 0.3) is 0 Å². The van der Waals surface area contributed by atoms with Crippen LogP contribution < -0.4 is 5.32 Å². The monoisotopic (exact) mass is 141 g/mol. The van der Waals surface area contributed by atoms with Crippen molar-refractivity contribution in [2.24, 2.45) is 0 Å². The second kappa shape index (κ2) is 4.32. The Morgan fingerprint density at radius 2 is 2.20 bits per heavy atom. The van der Waals surface area contributed by atoms with Gasteiger partial charge in [0.15, 0.2) is 0 Å². The molecule has 2 nitrogen and oxygen atoms in total. The molecule has 0 aromatic heterocycles. The fraction of sp³-hybridized carbons (Fsp3) is 0.750. The molecular weight excluding hydrogens is 126 g/mol. The molecule has 0 saturated carbocycles. The second-order valence-electron chi connectivity index (χ2n) is 2.77. The van der Waals surface area contributed by atoms with Crippen molar-refractivity contribution in [2.75, 3.05) is 13.2 Å². The first-order chi connectivity index (χ1) is 4.62. The Morgan fingerprint density at radius 3 is 2.60 bits per heavy atom. The van der Waals surface area contributed by atoms with Crippen molar-refractivity contribution in [3.63, 3.8) is 0 Å². The fourth-order valence-electron chi connectivity index (χ4n) is 0.531. The lowest BCUT2D eigenvalue weighted by atomic mass is 10.1. The highest BCUT2D eigenvalue weighted by Gasteiger charge is 2.10. The Kier molecular flexibility index (Phi) is 4.10. The van der Waals surface area contributed by atoms with Crippen LogP contribution in [0.4, 0.5) is 0 Å². The van der Waals surface area contributed by atoms with Gasteiger partial charge >= 0.3 is 0 Å². The molecule has 2 heteroatoms. The zero-order chi connectivity index (χ0) is 8.04. The van der Waals surface area contributed by atoms with Crippen LogP contribution in [0.1, 0.15) is 20.3 Å². The minimum atomic E-state index is -0.241. The maximum Gasteiger partial charge on any atom is 0.0741 e.